The maximum Gasteiger partial charge on any atom is 0.281 e. The van der Waals surface area contributed by atoms with Crippen molar-refractivity contribution in [3.63, 3.8) is 0 Å². The van der Waals surface area contributed by atoms with Gasteiger partial charge in [-0.1, -0.05) is 0 Å². The van der Waals surface area contributed by atoms with E-state index in [1.165, 1.54) is 0 Å². The third-order valence-corrected chi connectivity index (χ3v) is 3.17. The fourth-order valence-corrected chi connectivity index (χ4v) is 2.69. The van der Waals surface area contributed by atoms with E-state index in [1.807, 2.05) is 22.6 Å². The highest BCUT2D eigenvalue weighted by Crippen LogP contribution is 2.27. The van der Waals surface area contributed by atoms with Crippen molar-refractivity contribution in [2.45, 2.75) is 12.3 Å². The average molecular weight is 382 g/mol. The molecule has 1 rings (SSSR count). The number of pyridine rings is 1. The molecule has 0 aliphatic heterocycles. The summed E-state index contributed by atoms with van der Waals surface area (Å²) in [5, 5.41) is 0. The summed E-state index contributed by atoms with van der Waals surface area (Å²) in [6, 6.07) is 1.59. The van der Waals surface area contributed by atoms with Crippen molar-refractivity contribution in [1.82, 2.24) is 4.98 Å². The van der Waals surface area contributed by atoms with E-state index in [-0.39, 0.29) is 11.6 Å². The molecule has 0 atom stereocenters. The second-order valence-corrected chi connectivity index (χ2v) is 4.50. The maximum absolute atomic E-state index is 12.4. The number of nitrogens with zero attached hydrogens (tertiary/aromatic N) is 1. The van der Waals surface area contributed by atoms with Crippen LogP contribution in [0.15, 0.2) is 10.5 Å². The molecule has 0 unspecified atom stereocenters. The van der Waals surface area contributed by atoms with Gasteiger partial charge in [-0.2, -0.15) is 0 Å². The molecule has 6 heteroatoms. The summed E-state index contributed by atoms with van der Waals surface area (Å²) in [7, 11) is 0. The molecular formula is C7H4BrClF2IN. The minimum Gasteiger partial charge on any atom is -0.248 e. The van der Waals surface area contributed by atoms with Gasteiger partial charge in [-0.3, -0.25) is 0 Å². The molecule has 0 fully saturated rings. The molecule has 1 aromatic heterocycles. The van der Waals surface area contributed by atoms with E-state index >= 15 is 0 Å². The van der Waals surface area contributed by atoms with E-state index in [4.69, 9.17) is 11.6 Å². The molecule has 1 nitrogen and oxygen atoms in total. The Labute approximate surface area is 101 Å². The zero-order valence-electron chi connectivity index (χ0n) is 6.20. The number of rotatable bonds is 2. The summed E-state index contributed by atoms with van der Waals surface area (Å²) >= 11 is 10.5. The van der Waals surface area contributed by atoms with Gasteiger partial charge < -0.3 is 0 Å². The highest BCUT2D eigenvalue weighted by atomic mass is 127. The molecule has 0 amide bonds. The van der Waals surface area contributed by atoms with Crippen LogP contribution in [-0.4, -0.2) is 4.98 Å². The van der Waals surface area contributed by atoms with Crippen LogP contribution in [0.2, 0.25) is 0 Å². The predicted octanol–water partition coefficient (Wildman–Crippen LogP) is 4.13. The Bertz CT molecular complexity index is 322. The zero-order chi connectivity index (χ0) is 10.0. The number of alkyl halides is 3. The van der Waals surface area contributed by atoms with Crippen LogP contribution in [0.5, 0.6) is 0 Å². The van der Waals surface area contributed by atoms with Gasteiger partial charge in [0.25, 0.3) is 6.43 Å². The van der Waals surface area contributed by atoms with Crippen LogP contribution in [0.4, 0.5) is 8.78 Å². The molecule has 0 N–H and O–H groups in total. The lowest BCUT2D eigenvalue weighted by Gasteiger charge is -2.06. The van der Waals surface area contributed by atoms with Crippen molar-refractivity contribution in [3.8, 4) is 0 Å². The molecule has 72 valence electrons. The van der Waals surface area contributed by atoms with Gasteiger partial charge in [0.2, 0.25) is 0 Å². The third-order valence-electron chi connectivity index (χ3n) is 1.36. The smallest absolute Gasteiger partial charge is 0.248 e. The van der Waals surface area contributed by atoms with Gasteiger partial charge in [-0.15, -0.1) is 11.6 Å². The monoisotopic (exact) mass is 381 g/mol. The molecule has 13 heavy (non-hydrogen) atoms. The quantitative estimate of drug-likeness (QED) is 0.554. The highest BCUT2D eigenvalue weighted by Gasteiger charge is 2.15. The standard InChI is InChI=1S/C7H4BrClF2IN/c8-3-1-4(12)6(7(10)11)13-5(3)2-9/h1,7H,2H2. The summed E-state index contributed by atoms with van der Waals surface area (Å²) in [4.78, 5) is 3.75. The lowest BCUT2D eigenvalue weighted by Crippen LogP contribution is -1.99. The zero-order valence-corrected chi connectivity index (χ0v) is 10.7. The lowest BCUT2D eigenvalue weighted by molar-refractivity contribution is 0.144. The molecule has 1 heterocycles. The van der Waals surface area contributed by atoms with E-state index in [0.717, 1.165) is 0 Å². The van der Waals surface area contributed by atoms with Crippen molar-refractivity contribution >= 4 is 50.1 Å². The molecule has 0 aliphatic carbocycles. The Hall–Kier alpha value is 0.510. The van der Waals surface area contributed by atoms with Gasteiger partial charge in [0, 0.05) is 8.04 Å². The maximum atomic E-state index is 12.4. The Morgan fingerprint density at radius 2 is 2.23 bits per heavy atom. The number of hydrogen-bond donors (Lipinski definition) is 0. The first-order valence-electron chi connectivity index (χ1n) is 3.25. The number of hydrogen-bond acceptors (Lipinski definition) is 1. The summed E-state index contributed by atoms with van der Waals surface area (Å²) < 4.78 is 25.8. The van der Waals surface area contributed by atoms with E-state index in [2.05, 4.69) is 20.9 Å². The third kappa shape index (κ3) is 2.73. The lowest BCUT2D eigenvalue weighted by atomic mass is 10.3. The van der Waals surface area contributed by atoms with Crippen molar-refractivity contribution in [3.05, 3.63) is 25.5 Å². The van der Waals surface area contributed by atoms with Crippen LogP contribution in [0, 0.1) is 3.57 Å². The Morgan fingerprint density at radius 3 is 2.69 bits per heavy atom. The molecule has 0 bridgehead atoms. The summed E-state index contributed by atoms with van der Waals surface area (Å²) in [6.07, 6.45) is -2.55. The van der Waals surface area contributed by atoms with Gasteiger partial charge in [0.05, 0.1) is 11.6 Å². The van der Waals surface area contributed by atoms with Gasteiger partial charge in [0.1, 0.15) is 5.69 Å². The predicted molar refractivity (Wildman–Crippen MR) is 59.2 cm³/mol. The average Bonchev–Trinajstić information content (AvgIpc) is 2.03. The van der Waals surface area contributed by atoms with Crippen molar-refractivity contribution in [2.24, 2.45) is 0 Å². The Morgan fingerprint density at radius 1 is 1.62 bits per heavy atom. The first-order chi connectivity index (χ1) is 6.06. The fraction of sp³-hybridized carbons (Fsp3) is 0.286. The van der Waals surface area contributed by atoms with E-state index < -0.39 is 6.43 Å². The van der Waals surface area contributed by atoms with Gasteiger partial charge in [0.15, 0.2) is 0 Å². The fourth-order valence-electron chi connectivity index (χ4n) is 0.767. The van der Waals surface area contributed by atoms with Crippen molar-refractivity contribution in [2.75, 3.05) is 0 Å². The molecule has 0 saturated carbocycles. The summed E-state index contributed by atoms with van der Waals surface area (Å²) in [5.41, 5.74) is 0.233. The minimum absolute atomic E-state index is 0.122. The molecule has 0 saturated heterocycles. The molecule has 0 radical (unpaired) electrons. The highest BCUT2D eigenvalue weighted by molar-refractivity contribution is 14.1. The number of aromatic nitrogens is 1. The molecular weight excluding hydrogens is 378 g/mol. The largest absolute Gasteiger partial charge is 0.281 e. The van der Waals surface area contributed by atoms with Crippen LogP contribution >= 0.6 is 50.1 Å². The van der Waals surface area contributed by atoms with Crippen LogP contribution in [0.1, 0.15) is 17.8 Å². The van der Waals surface area contributed by atoms with Gasteiger partial charge in [-0.25, -0.2) is 13.8 Å². The topological polar surface area (TPSA) is 12.9 Å². The van der Waals surface area contributed by atoms with Gasteiger partial charge >= 0.3 is 0 Å². The first kappa shape index (κ1) is 11.6. The second-order valence-electron chi connectivity index (χ2n) is 2.22. The van der Waals surface area contributed by atoms with Crippen molar-refractivity contribution in [1.29, 1.82) is 0 Å². The van der Waals surface area contributed by atoms with Crippen LogP contribution in [0.25, 0.3) is 0 Å². The van der Waals surface area contributed by atoms with Crippen LogP contribution in [0.3, 0.4) is 0 Å². The van der Waals surface area contributed by atoms with E-state index in [9.17, 15) is 8.78 Å². The van der Waals surface area contributed by atoms with E-state index in [1.54, 1.807) is 6.07 Å². The summed E-state index contributed by atoms with van der Waals surface area (Å²) in [5.74, 6) is 0.122. The molecule has 0 aliphatic rings. The minimum atomic E-state index is -2.55. The molecule has 1 aromatic rings. The second kappa shape index (κ2) is 4.84. The molecule has 0 aromatic carbocycles. The van der Waals surface area contributed by atoms with Crippen molar-refractivity contribution < 1.29 is 8.78 Å². The normalized spacial score (nSPS) is 10.9. The Balaban J connectivity index is 3.22. The summed E-state index contributed by atoms with van der Waals surface area (Å²) in [6.45, 7) is 0. The SMILES string of the molecule is FC(F)c1nc(CCl)c(Br)cc1I. The van der Waals surface area contributed by atoms with Crippen LogP contribution in [-0.2, 0) is 5.88 Å². The Kier molecular flexibility index (Phi) is 4.31. The molecule has 0 spiro atoms. The number of halogens is 5. The first-order valence-corrected chi connectivity index (χ1v) is 5.65. The van der Waals surface area contributed by atoms with Crippen LogP contribution < -0.4 is 0 Å². The van der Waals surface area contributed by atoms with E-state index in [0.29, 0.717) is 13.7 Å². The van der Waals surface area contributed by atoms with Gasteiger partial charge in [-0.05, 0) is 44.6 Å².